The van der Waals surface area contributed by atoms with Crippen molar-refractivity contribution in [3.8, 4) is 17.6 Å². The number of likely N-dealkylation sites (tertiary alicyclic amines) is 1. The van der Waals surface area contributed by atoms with E-state index in [1.807, 2.05) is 24.3 Å². The van der Waals surface area contributed by atoms with E-state index < -0.39 is 17.9 Å². The van der Waals surface area contributed by atoms with Gasteiger partial charge in [0.2, 0.25) is 0 Å². The van der Waals surface area contributed by atoms with Crippen molar-refractivity contribution in [3.05, 3.63) is 70.6 Å². The number of aliphatic carboxylic acids is 1. The van der Waals surface area contributed by atoms with E-state index in [0.29, 0.717) is 30.8 Å². The van der Waals surface area contributed by atoms with Gasteiger partial charge in [0.1, 0.15) is 11.6 Å². The van der Waals surface area contributed by atoms with Gasteiger partial charge in [-0.1, -0.05) is 23.4 Å². The Kier molecular flexibility index (Phi) is 8.99. The first-order valence-electron chi connectivity index (χ1n) is 12.3. The molecule has 0 spiro atoms. The molecule has 194 valence electrons. The van der Waals surface area contributed by atoms with Gasteiger partial charge in [-0.3, -0.25) is 14.7 Å². The Balaban J connectivity index is 1.39. The van der Waals surface area contributed by atoms with Gasteiger partial charge in [0.05, 0.1) is 30.3 Å². The van der Waals surface area contributed by atoms with Crippen molar-refractivity contribution in [2.24, 2.45) is 11.8 Å². The van der Waals surface area contributed by atoms with E-state index in [4.69, 9.17) is 16.3 Å². The molecule has 8 heteroatoms. The summed E-state index contributed by atoms with van der Waals surface area (Å²) in [7, 11) is 1.60. The summed E-state index contributed by atoms with van der Waals surface area (Å²) in [6.45, 7) is 1.88. The van der Waals surface area contributed by atoms with E-state index in [1.54, 1.807) is 19.4 Å². The molecule has 1 aliphatic rings. The van der Waals surface area contributed by atoms with Gasteiger partial charge in [-0.05, 0) is 85.7 Å². The molecule has 2 N–H and O–H groups in total. The van der Waals surface area contributed by atoms with Crippen LogP contribution in [-0.4, -0.2) is 52.8 Å². The molecule has 1 aliphatic heterocycles. The SMILES string of the molecule is COc1ccc2nccc(C(O)CC[C@@H]3CCN(CC#Cc4ccc(Cl)c(F)c4)C[C@@H]3CC(=O)O)c2c1. The number of benzene rings is 2. The van der Waals surface area contributed by atoms with Gasteiger partial charge in [0, 0.05) is 30.1 Å². The number of hydrogen-bond acceptors (Lipinski definition) is 5. The van der Waals surface area contributed by atoms with Gasteiger partial charge < -0.3 is 14.9 Å². The van der Waals surface area contributed by atoms with Crippen LogP contribution in [-0.2, 0) is 4.79 Å². The zero-order valence-corrected chi connectivity index (χ0v) is 21.4. The minimum Gasteiger partial charge on any atom is -0.497 e. The van der Waals surface area contributed by atoms with Crippen molar-refractivity contribution >= 4 is 28.5 Å². The molecule has 0 radical (unpaired) electrons. The number of carboxylic acid groups (broad SMARTS) is 1. The number of carbonyl (C=O) groups is 1. The number of methoxy groups -OCH3 is 1. The molecule has 0 bridgehead atoms. The maximum atomic E-state index is 13.6. The maximum Gasteiger partial charge on any atom is 0.303 e. The number of nitrogens with zero attached hydrogens (tertiary/aromatic N) is 2. The van der Waals surface area contributed by atoms with E-state index in [1.165, 1.54) is 12.1 Å². The van der Waals surface area contributed by atoms with Gasteiger partial charge in [-0.15, -0.1) is 0 Å². The zero-order valence-electron chi connectivity index (χ0n) is 20.7. The number of aliphatic hydroxyl groups excluding tert-OH is 1. The lowest BCUT2D eigenvalue weighted by Gasteiger charge is -2.37. The summed E-state index contributed by atoms with van der Waals surface area (Å²) in [6, 6.07) is 11.9. The second-order valence-electron chi connectivity index (χ2n) is 9.45. The smallest absolute Gasteiger partial charge is 0.303 e. The molecular formula is C29H30ClFN2O4. The van der Waals surface area contributed by atoms with Crippen LogP contribution in [0.5, 0.6) is 5.75 Å². The monoisotopic (exact) mass is 524 g/mol. The predicted molar refractivity (Wildman–Crippen MR) is 141 cm³/mol. The number of halogens is 2. The molecule has 3 atom stereocenters. The fourth-order valence-electron chi connectivity index (χ4n) is 5.05. The molecule has 0 aliphatic carbocycles. The lowest BCUT2D eigenvalue weighted by molar-refractivity contribution is -0.139. The number of rotatable bonds is 8. The highest BCUT2D eigenvalue weighted by Gasteiger charge is 2.31. The minimum atomic E-state index is -0.827. The van der Waals surface area contributed by atoms with Crippen LogP contribution in [0.2, 0.25) is 5.02 Å². The van der Waals surface area contributed by atoms with Crippen LogP contribution in [0.1, 0.15) is 42.9 Å². The third-order valence-electron chi connectivity index (χ3n) is 7.02. The average molecular weight is 525 g/mol. The van der Waals surface area contributed by atoms with Gasteiger partial charge >= 0.3 is 5.97 Å². The summed E-state index contributed by atoms with van der Waals surface area (Å²) in [5.41, 5.74) is 2.14. The highest BCUT2D eigenvalue weighted by molar-refractivity contribution is 6.30. The van der Waals surface area contributed by atoms with Gasteiger partial charge in [0.25, 0.3) is 0 Å². The van der Waals surface area contributed by atoms with E-state index in [9.17, 15) is 19.4 Å². The van der Waals surface area contributed by atoms with Crippen molar-refractivity contribution < 1.29 is 24.1 Å². The Labute approximate surface area is 221 Å². The lowest BCUT2D eigenvalue weighted by atomic mass is 9.79. The molecule has 2 aromatic carbocycles. The number of pyridine rings is 1. The molecule has 3 aromatic rings. The number of hydrogen-bond donors (Lipinski definition) is 2. The molecule has 1 unspecified atom stereocenters. The lowest BCUT2D eigenvalue weighted by Crippen LogP contribution is -2.41. The number of aromatic nitrogens is 1. The molecule has 1 aromatic heterocycles. The van der Waals surface area contributed by atoms with Crippen molar-refractivity contribution in [1.29, 1.82) is 0 Å². The van der Waals surface area contributed by atoms with Gasteiger partial charge in [-0.25, -0.2) is 4.39 Å². The quantitative estimate of drug-likeness (QED) is 0.388. The number of aliphatic hydroxyl groups is 1. The van der Waals surface area contributed by atoms with Crippen LogP contribution >= 0.6 is 11.6 Å². The van der Waals surface area contributed by atoms with E-state index in [0.717, 1.165) is 35.9 Å². The summed E-state index contributed by atoms with van der Waals surface area (Å²) < 4.78 is 19.0. The number of carboxylic acids is 1. The molecule has 37 heavy (non-hydrogen) atoms. The second kappa shape index (κ2) is 12.4. The van der Waals surface area contributed by atoms with Gasteiger partial charge in [0.15, 0.2) is 0 Å². The highest BCUT2D eigenvalue weighted by atomic mass is 35.5. The van der Waals surface area contributed by atoms with E-state index >= 15 is 0 Å². The standard InChI is InChI=1S/C29H30ClFN2O4/c1-37-22-6-8-27-24(17-22)23(10-12-32-27)28(34)9-5-20-11-14-33(18-21(20)16-29(35)36)13-2-3-19-4-7-25(30)26(31)15-19/h4,6-8,10,12,15,17,20-21,28,34H,5,9,11,13-14,16,18H2,1H3,(H,35,36)/t20-,21+,28?/m1/s1. The zero-order chi connectivity index (χ0) is 26.4. The number of ether oxygens (including phenoxy) is 1. The average Bonchev–Trinajstić information content (AvgIpc) is 2.89. The highest BCUT2D eigenvalue weighted by Crippen LogP contribution is 2.34. The fraction of sp³-hybridized carbons (Fsp3) is 0.379. The van der Waals surface area contributed by atoms with Gasteiger partial charge in [-0.2, -0.15) is 0 Å². The van der Waals surface area contributed by atoms with Crippen molar-refractivity contribution in [2.75, 3.05) is 26.7 Å². The maximum absolute atomic E-state index is 13.6. The van der Waals surface area contributed by atoms with Crippen molar-refractivity contribution in [2.45, 2.75) is 31.8 Å². The van der Waals surface area contributed by atoms with Crippen LogP contribution in [0.25, 0.3) is 10.9 Å². The Bertz CT molecular complexity index is 1320. The molecule has 0 amide bonds. The van der Waals surface area contributed by atoms with Crippen molar-refractivity contribution in [3.63, 3.8) is 0 Å². The van der Waals surface area contributed by atoms with E-state index in [2.05, 4.69) is 21.7 Å². The third kappa shape index (κ3) is 6.98. The summed E-state index contributed by atoms with van der Waals surface area (Å²) >= 11 is 5.72. The number of fused-ring (bicyclic) bond motifs is 1. The van der Waals surface area contributed by atoms with E-state index in [-0.39, 0.29) is 23.3 Å². The second-order valence-corrected chi connectivity index (χ2v) is 9.86. The van der Waals surface area contributed by atoms with Crippen LogP contribution in [0.4, 0.5) is 4.39 Å². The first-order chi connectivity index (χ1) is 17.8. The van der Waals surface area contributed by atoms with Crippen LogP contribution in [0.15, 0.2) is 48.7 Å². The largest absolute Gasteiger partial charge is 0.497 e. The molecular weight excluding hydrogens is 495 g/mol. The van der Waals surface area contributed by atoms with Crippen LogP contribution in [0.3, 0.4) is 0 Å². The third-order valence-corrected chi connectivity index (χ3v) is 7.33. The summed E-state index contributed by atoms with van der Waals surface area (Å²) in [4.78, 5) is 18.1. The van der Waals surface area contributed by atoms with Crippen molar-refractivity contribution in [1.82, 2.24) is 9.88 Å². The molecule has 4 rings (SSSR count). The molecule has 1 fully saturated rings. The fourth-order valence-corrected chi connectivity index (χ4v) is 5.17. The Morgan fingerprint density at radius 3 is 2.86 bits per heavy atom. The van der Waals surface area contributed by atoms with Crippen LogP contribution < -0.4 is 4.74 Å². The molecule has 1 saturated heterocycles. The minimum absolute atomic E-state index is 0.0393. The normalized spacial score (nSPS) is 18.7. The number of piperidine rings is 1. The Morgan fingerprint density at radius 1 is 1.27 bits per heavy atom. The summed E-state index contributed by atoms with van der Waals surface area (Å²) in [5.74, 6) is 5.54. The predicted octanol–water partition coefficient (Wildman–Crippen LogP) is 5.31. The molecule has 0 saturated carbocycles. The summed E-state index contributed by atoms with van der Waals surface area (Å²) in [5, 5.41) is 21.5. The molecule has 2 heterocycles. The topological polar surface area (TPSA) is 82.9 Å². The Hall–Kier alpha value is -3.18. The first kappa shape index (κ1) is 26.9. The molecule has 6 nitrogen and oxygen atoms in total. The summed E-state index contributed by atoms with van der Waals surface area (Å²) in [6.07, 6.45) is 3.15. The first-order valence-corrected chi connectivity index (χ1v) is 12.7. The Morgan fingerprint density at radius 2 is 2.11 bits per heavy atom. The van der Waals surface area contributed by atoms with Crippen LogP contribution in [0, 0.1) is 29.5 Å².